The summed E-state index contributed by atoms with van der Waals surface area (Å²) in [6, 6.07) is 5.18. The zero-order chi connectivity index (χ0) is 12.3. The van der Waals surface area contributed by atoms with Gasteiger partial charge in [0.25, 0.3) is 0 Å². The van der Waals surface area contributed by atoms with Crippen molar-refractivity contribution in [1.29, 1.82) is 0 Å². The van der Waals surface area contributed by atoms with Gasteiger partial charge in [0.1, 0.15) is 0 Å². The smallest absolute Gasteiger partial charge is 0.319 e. The lowest BCUT2D eigenvalue weighted by molar-refractivity contribution is 0.180. The van der Waals surface area contributed by atoms with Crippen LogP contribution in [0.25, 0.3) is 0 Å². The maximum Gasteiger partial charge on any atom is 0.319 e. The third-order valence-electron chi connectivity index (χ3n) is 2.19. The average molecular weight is 242 g/mol. The highest BCUT2D eigenvalue weighted by Gasteiger charge is 2.12. The van der Waals surface area contributed by atoms with Crippen molar-refractivity contribution in [3.05, 3.63) is 28.8 Å². The predicted octanol–water partition coefficient (Wildman–Crippen LogP) is 2.04. The van der Waals surface area contributed by atoms with Gasteiger partial charge < -0.3 is 15.5 Å². The van der Waals surface area contributed by atoms with Gasteiger partial charge in [-0.25, -0.2) is 4.79 Å². The van der Waals surface area contributed by atoms with Gasteiger partial charge in [-0.1, -0.05) is 11.6 Å². The average Bonchev–Trinajstić information content (AvgIpc) is 2.22. The predicted molar refractivity (Wildman–Crippen MR) is 66.4 cm³/mol. The number of anilines is 1. The van der Waals surface area contributed by atoms with E-state index in [9.17, 15) is 4.79 Å². The topological polar surface area (TPSA) is 49.6 Å². The molecule has 88 valence electrons. The van der Waals surface area contributed by atoms with Crippen molar-refractivity contribution in [2.75, 3.05) is 26.9 Å². The SMILES string of the molecule is CN(C)C(=O)N(C)Cc1cc(N)ccc1Cl. The molecule has 0 fully saturated rings. The number of hydrogen-bond acceptors (Lipinski definition) is 2. The van der Waals surface area contributed by atoms with Crippen LogP contribution in [0.1, 0.15) is 5.56 Å². The first-order valence-corrected chi connectivity index (χ1v) is 5.26. The Labute approximate surface area is 101 Å². The zero-order valence-electron chi connectivity index (χ0n) is 9.70. The Morgan fingerprint density at radius 2 is 2.00 bits per heavy atom. The van der Waals surface area contributed by atoms with Crippen molar-refractivity contribution in [2.24, 2.45) is 0 Å². The second kappa shape index (κ2) is 5.07. The summed E-state index contributed by atoms with van der Waals surface area (Å²) in [5, 5.41) is 0.618. The molecule has 0 saturated heterocycles. The van der Waals surface area contributed by atoms with Gasteiger partial charge in [0.15, 0.2) is 0 Å². The third kappa shape index (κ3) is 3.03. The Hall–Kier alpha value is -1.42. The lowest BCUT2D eigenvalue weighted by Gasteiger charge is -2.22. The van der Waals surface area contributed by atoms with Crippen LogP contribution in [0.15, 0.2) is 18.2 Å². The van der Waals surface area contributed by atoms with Crippen LogP contribution < -0.4 is 5.73 Å². The van der Waals surface area contributed by atoms with E-state index in [4.69, 9.17) is 17.3 Å². The highest BCUT2D eigenvalue weighted by Crippen LogP contribution is 2.20. The number of halogens is 1. The van der Waals surface area contributed by atoms with Gasteiger partial charge in [0, 0.05) is 38.4 Å². The van der Waals surface area contributed by atoms with Crippen LogP contribution in [0, 0.1) is 0 Å². The van der Waals surface area contributed by atoms with Gasteiger partial charge in [0.2, 0.25) is 0 Å². The molecule has 4 nitrogen and oxygen atoms in total. The standard InChI is InChI=1S/C11H16ClN3O/c1-14(2)11(16)15(3)7-8-6-9(13)4-5-10(8)12/h4-6H,7,13H2,1-3H3. The molecule has 1 rings (SSSR count). The number of benzene rings is 1. The minimum absolute atomic E-state index is 0.0708. The number of carbonyl (C=O) groups is 1. The van der Waals surface area contributed by atoms with Crippen LogP contribution in [0.5, 0.6) is 0 Å². The zero-order valence-corrected chi connectivity index (χ0v) is 10.5. The normalized spacial score (nSPS) is 10.0. The maximum atomic E-state index is 11.6. The number of nitrogens with zero attached hydrogens (tertiary/aromatic N) is 2. The largest absolute Gasteiger partial charge is 0.399 e. The van der Waals surface area contributed by atoms with Crippen molar-refractivity contribution in [1.82, 2.24) is 9.80 Å². The number of nitrogen functional groups attached to an aromatic ring is 1. The molecule has 1 aromatic rings. The number of amides is 2. The van der Waals surface area contributed by atoms with Crippen molar-refractivity contribution in [3.63, 3.8) is 0 Å². The highest BCUT2D eigenvalue weighted by atomic mass is 35.5. The van der Waals surface area contributed by atoms with E-state index in [-0.39, 0.29) is 6.03 Å². The van der Waals surface area contributed by atoms with E-state index >= 15 is 0 Å². The highest BCUT2D eigenvalue weighted by molar-refractivity contribution is 6.31. The molecule has 5 heteroatoms. The van der Waals surface area contributed by atoms with Crippen molar-refractivity contribution in [3.8, 4) is 0 Å². The number of carbonyl (C=O) groups excluding carboxylic acids is 1. The van der Waals surface area contributed by atoms with E-state index in [1.807, 2.05) is 0 Å². The number of hydrogen-bond donors (Lipinski definition) is 1. The first-order valence-electron chi connectivity index (χ1n) is 4.88. The third-order valence-corrected chi connectivity index (χ3v) is 2.56. The molecule has 0 aliphatic heterocycles. The Morgan fingerprint density at radius 1 is 1.38 bits per heavy atom. The van der Waals surface area contributed by atoms with Crippen LogP contribution in [-0.4, -0.2) is 37.0 Å². The van der Waals surface area contributed by atoms with E-state index in [0.29, 0.717) is 17.3 Å². The van der Waals surface area contributed by atoms with Gasteiger partial charge in [-0.3, -0.25) is 0 Å². The van der Waals surface area contributed by atoms with Gasteiger partial charge in [-0.15, -0.1) is 0 Å². The molecule has 0 aliphatic rings. The molecule has 0 bridgehead atoms. The lowest BCUT2D eigenvalue weighted by Crippen LogP contribution is -2.35. The van der Waals surface area contributed by atoms with Crippen LogP contribution >= 0.6 is 11.6 Å². The molecule has 16 heavy (non-hydrogen) atoms. The molecule has 0 unspecified atom stereocenters. The minimum atomic E-state index is -0.0708. The number of rotatable bonds is 2. The molecule has 2 N–H and O–H groups in total. The first kappa shape index (κ1) is 12.6. The molecular weight excluding hydrogens is 226 g/mol. The fourth-order valence-electron chi connectivity index (χ4n) is 1.38. The minimum Gasteiger partial charge on any atom is -0.399 e. The lowest BCUT2D eigenvalue weighted by atomic mass is 10.2. The van der Waals surface area contributed by atoms with E-state index in [1.54, 1.807) is 44.2 Å². The van der Waals surface area contributed by atoms with Crippen LogP contribution in [0.2, 0.25) is 5.02 Å². The quantitative estimate of drug-likeness (QED) is 0.806. The first-order chi connectivity index (χ1) is 7.41. The van der Waals surface area contributed by atoms with Crippen LogP contribution in [0.4, 0.5) is 10.5 Å². The fraction of sp³-hybridized carbons (Fsp3) is 0.364. The van der Waals surface area contributed by atoms with Gasteiger partial charge in [0.05, 0.1) is 0 Å². The molecule has 0 saturated carbocycles. The molecule has 2 amide bonds. The van der Waals surface area contributed by atoms with Gasteiger partial charge >= 0.3 is 6.03 Å². The summed E-state index contributed by atoms with van der Waals surface area (Å²) in [7, 11) is 5.14. The Morgan fingerprint density at radius 3 is 2.56 bits per heavy atom. The molecule has 0 radical (unpaired) electrons. The summed E-state index contributed by atoms with van der Waals surface area (Å²) in [5.74, 6) is 0. The summed E-state index contributed by atoms with van der Waals surface area (Å²) in [6.07, 6.45) is 0. The van der Waals surface area contributed by atoms with E-state index in [1.165, 1.54) is 4.90 Å². The molecule has 1 aromatic carbocycles. The number of urea groups is 1. The van der Waals surface area contributed by atoms with Crippen molar-refractivity contribution < 1.29 is 4.79 Å². The molecular formula is C11H16ClN3O. The van der Waals surface area contributed by atoms with Gasteiger partial charge in [-0.05, 0) is 23.8 Å². The molecule has 0 aliphatic carbocycles. The maximum absolute atomic E-state index is 11.6. The Bertz CT molecular complexity index is 393. The Kier molecular flexibility index (Phi) is 4.01. The van der Waals surface area contributed by atoms with E-state index in [0.717, 1.165) is 5.56 Å². The van der Waals surface area contributed by atoms with E-state index < -0.39 is 0 Å². The molecule has 0 atom stereocenters. The van der Waals surface area contributed by atoms with Crippen molar-refractivity contribution >= 4 is 23.3 Å². The summed E-state index contributed by atoms with van der Waals surface area (Å²) in [5.41, 5.74) is 7.16. The fourth-order valence-corrected chi connectivity index (χ4v) is 1.56. The molecule has 0 aromatic heterocycles. The van der Waals surface area contributed by atoms with Crippen LogP contribution in [0.3, 0.4) is 0 Å². The molecule has 0 spiro atoms. The second-order valence-corrected chi connectivity index (χ2v) is 4.29. The van der Waals surface area contributed by atoms with Gasteiger partial charge in [-0.2, -0.15) is 0 Å². The second-order valence-electron chi connectivity index (χ2n) is 3.88. The van der Waals surface area contributed by atoms with Crippen molar-refractivity contribution in [2.45, 2.75) is 6.54 Å². The number of nitrogens with two attached hydrogens (primary N) is 1. The summed E-state index contributed by atoms with van der Waals surface area (Å²) in [4.78, 5) is 14.7. The summed E-state index contributed by atoms with van der Waals surface area (Å²) in [6.45, 7) is 0.445. The Balaban J connectivity index is 2.80. The summed E-state index contributed by atoms with van der Waals surface area (Å²) < 4.78 is 0. The van der Waals surface area contributed by atoms with Crippen LogP contribution in [-0.2, 0) is 6.54 Å². The monoisotopic (exact) mass is 241 g/mol. The summed E-state index contributed by atoms with van der Waals surface area (Å²) >= 11 is 6.02. The molecule has 0 heterocycles. The van der Waals surface area contributed by atoms with E-state index in [2.05, 4.69) is 0 Å².